The van der Waals surface area contributed by atoms with E-state index < -0.39 is 17.6 Å². The molecule has 3 rings (SSSR count). The van der Waals surface area contributed by atoms with Gasteiger partial charge in [0.15, 0.2) is 0 Å². The second-order valence-corrected chi connectivity index (χ2v) is 7.55. The molecule has 2 aromatic heterocycles. The molecule has 0 atom stereocenters. The van der Waals surface area contributed by atoms with Gasteiger partial charge in [-0.15, -0.1) is 0 Å². The normalized spacial score (nSPS) is 12.1. The maximum absolute atomic E-state index is 12.9. The minimum absolute atomic E-state index is 0.213. The number of benzene rings is 1. The van der Waals surface area contributed by atoms with Crippen molar-refractivity contribution in [3.05, 3.63) is 65.6 Å². The van der Waals surface area contributed by atoms with Crippen molar-refractivity contribution in [2.75, 3.05) is 5.32 Å². The van der Waals surface area contributed by atoms with E-state index in [9.17, 15) is 18.0 Å². The van der Waals surface area contributed by atoms with Crippen molar-refractivity contribution in [2.24, 2.45) is 0 Å². The highest BCUT2D eigenvalue weighted by atomic mass is 19.4. The Labute approximate surface area is 165 Å². The van der Waals surface area contributed by atoms with Gasteiger partial charge in [-0.05, 0) is 17.7 Å². The van der Waals surface area contributed by atoms with Crippen molar-refractivity contribution >= 4 is 11.7 Å². The van der Waals surface area contributed by atoms with Crippen LogP contribution in [0.2, 0.25) is 0 Å². The Morgan fingerprint density at radius 1 is 1.07 bits per heavy atom. The Balaban J connectivity index is 1.86. The summed E-state index contributed by atoms with van der Waals surface area (Å²) in [5.74, 6) is 0.150. The lowest BCUT2D eigenvalue weighted by atomic mass is 9.92. The molecule has 0 aliphatic rings. The largest absolute Gasteiger partial charge is 0.416 e. The van der Waals surface area contributed by atoms with E-state index in [0.717, 1.165) is 12.1 Å². The minimum atomic E-state index is -4.46. The molecule has 1 aromatic carbocycles. The summed E-state index contributed by atoms with van der Waals surface area (Å²) in [6.45, 7) is 5.92. The number of amides is 1. The van der Waals surface area contributed by atoms with Gasteiger partial charge < -0.3 is 5.32 Å². The smallest absolute Gasteiger partial charge is 0.310 e. The molecular weight excluding hydrogens is 383 g/mol. The molecule has 0 aliphatic carbocycles. The van der Waals surface area contributed by atoms with E-state index in [1.807, 2.05) is 20.8 Å². The number of aromatic nitrogens is 4. The Kier molecular flexibility index (Phi) is 5.41. The number of anilines is 1. The first-order valence-corrected chi connectivity index (χ1v) is 8.88. The molecule has 1 N–H and O–H groups in total. The molecule has 0 saturated heterocycles. The van der Waals surface area contributed by atoms with Crippen molar-refractivity contribution in [3.63, 3.8) is 0 Å². The number of carbonyl (C=O) groups excluding carboxylic acids is 1. The minimum Gasteiger partial charge on any atom is -0.310 e. The lowest BCUT2D eigenvalue weighted by molar-refractivity contribution is -0.137. The van der Waals surface area contributed by atoms with Crippen molar-refractivity contribution < 1.29 is 18.0 Å². The molecular formula is C20H20F3N5O. The third-order valence-corrected chi connectivity index (χ3v) is 4.11. The van der Waals surface area contributed by atoms with Gasteiger partial charge >= 0.3 is 6.18 Å². The van der Waals surface area contributed by atoms with Gasteiger partial charge in [-0.2, -0.15) is 23.0 Å². The zero-order chi connectivity index (χ0) is 21.2. The van der Waals surface area contributed by atoms with Crippen LogP contribution in [-0.4, -0.2) is 25.7 Å². The lowest BCUT2D eigenvalue weighted by Gasteiger charge is -2.13. The maximum atomic E-state index is 12.9. The van der Waals surface area contributed by atoms with Gasteiger partial charge in [-0.1, -0.05) is 39.0 Å². The predicted molar refractivity (Wildman–Crippen MR) is 102 cm³/mol. The number of halogens is 3. The molecule has 0 fully saturated rings. The fraction of sp³-hybridized carbons (Fsp3) is 0.300. The van der Waals surface area contributed by atoms with Gasteiger partial charge in [0.2, 0.25) is 5.91 Å². The van der Waals surface area contributed by atoms with Gasteiger partial charge in [0, 0.05) is 23.9 Å². The molecule has 29 heavy (non-hydrogen) atoms. The highest BCUT2D eigenvalue weighted by Crippen LogP contribution is 2.30. The van der Waals surface area contributed by atoms with Crippen LogP contribution in [-0.2, 0) is 22.8 Å². The molecule has 9 heteroatoms. The fourth-order valence-corrected chi connectivity index (χ4v) is 2.62. The molecule has 0 saturated carbocycles. The summed E-state index contributed by atoms with van der Waals surface area (Å²) in [7, 11) is 0. The first kappa shape index (κ1) is 20.5. The quantitative estimate of drug-likeness (QED) is 0.710. The second kappa shape index (κ2) is 7.65. The highest BCUT2D eigenvalue weighted by Gasteiger charge is 2.30. The van der Waals surface area contributed by atoms with Crippen molar-refractivity contribution in [3.8, 4) is 5.95 Å². The van der Waals surface area contributed by atoms with Crippen molar-refractivity contribution in [1.29, 1.82) is 0 Å². The van der Waals surface area contributed by atoms with Crippen LogP contribution in [0.5, 0.6) is 0 Å². The Bertz CT molecular complexity index is 1010. The number of hydrogen-bond acceptors (Lipinski definition) is 4. The number of hydrogen-bond donors (Lipinski definition) is 1. The summed E-state index contributed by atoms with van der Waals surface area (Å²) >= 11 is 0. The molecule has 3 aromatic rings. The molecule has 2 heterocycles. The van der Waals surface area contributed by atoms with E-state index in [4.69, 9.17) is 0 Å². The van der Waals surface area contributed by atoms with Crippen LogP contribution in [0.4, 0.5) is 19.0 Å². The van der Waals surface area contributed by atoms with E-state index in [-0.39, 0.29) is 23.3 Å². The summed E-state index contributed by atoms with van der Waals surface area (Å²) in [5.41, 5.74) is -0.115. The molecule has 0 spiro atoms. The van der Waals surface area contributed by atoms with Gasteiger partial charge in [0.05, 0.1) is 17.7 Å². The Morgan fingerprint density at radius 2 is 1.76 bits per heavy atom. The van der Waals surface area contributed by atoms with Gasteiger partial charge in [0.25, 0.3) is 5.95 Å². The summed E-state index contributed by atoms with van der Waals surface area (Å²) in [6.07, 6.45) is -1.57. The maximum Gasteiger partial charge on any atom is 0.416 e. The van der Waals surface area contributed by atoms with Crippen LogP contribution in [0.3, 0.4) is 0 Å². The number of carbonyl (C=O) groups is 1. The summed E-state index contributed by atoms with van der Waals surface area (Å²) in [5, 5.41) is 7.19. The summed E-state index contributed by atoms with van der Waals surface area (Å²) in [4.78, 5) is 20.8. The van der Waals surface area contributed by atoms with Gasteiger partial charge in [-0.25, -0.2) is 9.97 Å². The van der Waals surface area contributed by atoms with Gasteiger partial charge in [-0.3, -0.25) is 4.79 Å². The van der Waals surface area contributed by atoms with Crippen LogP contribution >= 0.6 is 0 Å². The molecule has 6 nitrogen and oxygen atoms in total. The zero-order valence-electron chi connectivity index (χ0n) is 16.2. The van der Waals surface area contributed by atoms with Crippen LogP contribution in [0.15, 0.2) is 48.8 Å². The first-order valence-electron chi connectivity index (χ1n) is 8.88. The monoisotopic (exact) mass is 403 g/mol. The molecule has 152 valence electrons. The Morgan fingerprint density at radius 3 is 2.38 bits per heavy atom. The second-order valence-electron chi connectivity index (χ2n) is 7.55. The van der Waals surface area contributed by atoms with Crippen molar-refractivity contribution in [1.82, 2.24) is 19.7 Å². The van der Waals surface area contributed by atoms with Gasteiger partial charge in [0.1, 0.15) is 5.82 Å². The average Bonchev–Trinajstić information content (AvgIpc) is 3.06. The average molecular weight is 403 g/mol. The molecule has 0 aliphatic heterocycles. The summed E-state index contributed by atoms with van der Waals surface area (Å²) in [6, 6.07) is 8.07. The SMILES string of the molecule is CC(C)(C)c1cc(NC(=O)Cc2cccc(C(F)(F)F)c2)n(-c2ncccn2)n1. The van der Waals surface area contributed by atoms with E-state index in [0.29, 0.717) is 11.5 Å². The third-order valence-electron chi connectivity index (χ3n) is 4.11. The standard InChI is InChI=1S/C20H20F3N5O/c1-19(2,3)15-12-16(28(27-15)18-24-8-5-9-25-18)26-17(29)11-13-6-4-7-14(10-13)20(21,22)23/h4-10,12H,11H2,1-3H3,(H,26,29). The van der Waals surface area contributed by atoms with Crippen LogP contribution in [0.1, 0.15) is 37.6 Å². The molecule has 0 unspecified atom stereocenters. The summed E-state index contributed by atoms with van der Waals surface area (Å²) < 4.78 is 40.1. The number of rotatable bonds is 4. The highest BCUT2D eigenvalue weighted by molar-refractivity contribution is 5.91. The third kappa shape index (κ3) is 4.98. The lowest BCUT2D eigenvalue weighted by Crippen LogP contribution is -2.18. The van der Waals surface area contributed by atoms with E-state index >= 15 is 0 Å². The fourth-order valence-electron chi connectivity index (χ4n) is 2.62. The van der Waals surface area contributed by atoms with E-state index in [2.05, 4.69) is 20.4 Å². The van der Waals surface area contributed by atoms with Crippen LogP contribution in [0.25, 0.3) is 5.95 Å². The molecule has 0 radical (unpaired) electrons. The number of nitrogens with one attached hydrogen (secondary N) is 1. The zero-order valence-corrected chi connectivity index (χ0v) is 16.2. The molecule has 1 amide bonds. The van der Waals surface area contributed by atoms with Crippen molar-refractivity contribution in [2.45, 2.75) is 38.8 Å². The topological polar surface area (TPSA) is 72.7 Å². The van der Waals surface area contributed by atoms with Crippen LogP contribution < -0.4 is 5.32 Å². The Hall–Kier alpha value is -3.23. The van der Waals surface area contributed by atoms with Crippen LogP contribution in [0, 0.1) is 0 Å². The van der Waals surface area contributed by atoms with E-state index in [1.54, 1.807) is 24.5 Å². The molecule has 0 bridgehead atoms. The first-order chi connectivity index (χ1) is 13.5. The number of alkyl halides is 3. The predicted octanol–water partition coefficient (Wildman–Crippen LogP) is 4.16. The van der Waals surface area contributed by atoms with E-state index in [1.165, 1.54) is 16.8 Å². The number of nitrogens with zero attached hydrogens (tertiary/aromatic N) is 4.